The minimum absolute atomic E-state index is 0.243. The molecular formula is C18H14Cl2N2O2. The van der Waals surface area contributed by atoms with Crippen LogP contribution >= 0.6 is 23.2 Å². The van der Waals surface area contributed by atoms with Gasteiger partial charge in [-0.25, -0.2) is 0 Å². The molecule has 2 aromatic rings. The average Bonchev–Trinajstić information content (AvgIpc) is 2.86. The highest BCUT2D eigenvalue weighted by Gasteiger charge is 2.30. The first-order valence-corrected chi connectivity index (χ1v) is 7.96. The number of methoxy groups -OCH3 is 1. The second kappa shape index (κ2) is 6.67. The van der Waals surface area contributed by atoms with Crippen LogP contribution < -0.4 is 9.75 Å². The van der Waals surface area contributed by atoms with Crippen LogP contribution in [-0.2, 0) is 4.79 Å². The summed E-state index contributed by atoms with van der Waals surface area (Å²) in [5.74, 6) is 0.514. The zero-order valence-electron chi connectivity index (χ0n) is 13.1. The molecular weight excluding hydrogens is 347 g/mol. The van der Waals surface area contributed by atoms with Gasteiger partial charge in [0.2, 0.25) is 0 Å². The first kappa shape index (κ1) is 16.6. The molecule has 0 atom stereocenters. The molecule has 4 nitrogen and oxygen atoms in total. The van der Waals surface area contributed by atoms with E-state index in [9.17, 15) is 4.79 Å². The minimum Gasteiger partial charge on any atom is -0.497 e. The van der Waals surface area contributed by atoms with Crippen LogP contribution in [0, 0.1) is 0 Å². The van der Waals surface area contributed by atoms with Crippen molar-refractivity contribution in [2.24, 2.45) is 5.10 Å². The van der Waals surface area contributed by atoms with Crippen LogP contribution in [0.5, 0.6) is 5.75 Å². The van der Waals surface area contributed by atoms with Gasteiger partial charge >= 0.3 is 0 Å². The Morgan fingerprint density at radius 1 is 1.12 bits per heavy atom. The Balaban J connectivity index is 1.95. The monoisotopic (exact) mass is 360 g/mol. The van der Waals surface area contributed by atoms with Crippen molar-refractivity contribution in [1.82, 2.24) is 0 Å². The van der Waals surface area contributed by atoms with Crippen molar-refractivity contribution in [3.8, 4) is 5.75 Å². The first-order valence-electron chi connectivity index (χ1n) is 7.20. The maximum atomic E-state index is 12.7. The van der Waals surface area contributed by atoms with Crippen LogP contribution in [-0.4, -0.2) is 18.7 Å². The summed E-state index contributed by atoms with van der Waals surface area (Å²) in [5.41, 5.74) is 2.47. The van der Waals surface area contributed by atoms with E-state index in [1.54, 1.807) is 38.3 Å². The van der Waals surface area contributed by atoms with E-state index in [-0.39, 0.29) is 5.91 Å². The fourth-order valence-electron chi connectivity index (χ4n) is 2.36. The van der Waals surface area contributed by atoms with Gasteiger partial charge in [-0.1, -0.05) is 35.3 Å². The Hall–Kier alpha value is -2.30. The van der Waals surface area contributed by atoms with Gasteiger partial charge in [-0.2, -0.15) is 10.1 Å². The van der Waals surface area contributed by atoms with Gasteiger partial charge in [0.25, 0.3) is 5.91 Å². The number of nitrogens with zero attached hydrogens (tertiary/aromatic N) is 2. The fourth-order valence-corrected chi connectivity index (χ4v) is 2.73. The summed E-state index contributed by atoms with van der Waals surface area (Å²) in [7, 11) is 1.61. The highest BCUT2D eigenvalue weighted by molar-refractivity contribution is 6.38. The van der Waals surface area contributed by atoms with Crippen LogP contribution in [0.1, 0.15) is 12.5 Å². The van der Waals surface area contributed by atoms with E-state index in [0.717, 1.165) is 11.3 Å². The molecule has 0 saturated heterocycles. The third kappa shape index (κ3) is 3.16. The standard InChI is InChI=1S/C18H14Cl2N2O2/c1-11-15(9-12-3-6-14(24-2)7-4-12)18(23)22(21-11)17-10-13(19)5-8-16(17)20/h3-10H,1-2H3/b15-9-. The number of amides is 1. The van der Waals surface area contributed by atoms with Crippen molar-refractivity contribution in [3.63, 3.8) is 0 Å². The molecule has 1 aliphatic heterocycles. The highest BCUT2D eigenvalue weighted by Crippen LogP contribution is 2.33. The van der Waals surface area contributed by atoms with E-state index in [1.807, 2.05) is 24.3 Å². The molecule has 2 aromatic carbocycles. The molecule has 0 unspecified atom stereocenters. The van der Waals surface area contributed by atoms with Crippen molar-refractivity contribution in [3.05, 3.63) is 63.6 Å². The number of ether oxygens (including phenoxy) is 1. The smallest absolute Gasteiger partial charge is 0.280 e. The number of hydrogen-bond donors (Lipinski definition) is 0. The zero-order chi connectivity index (χ0) is 17.3. The van der Waals surface area contributed by atoms with E-state index in [1.165, 1.54) is 5.01 Å². The fraction of sp³-hybridized carbons (Fsp3) is 0.111. The molecule has 0 aromatic heterocycles. The molecule has 0 N–H and O–H groups in total. The van der Waals surface area contributed by atoms with E-state index in [2.05, 4.69) is 5.10 Å². The largest absolute Gasteiger partial charge is 0.497 e. The zero-order valence-corrected chi connectivity index (χ0v) is 14.6. The Morgan fingerprint density at radius 3 is 2.50 bits per heavy atom. The molecule has 1 heterocycles. The molecule has 24 heavy (non-hydrogen) atoms. The Bertz CT molecular complexity index is 858. The Morgan fingerprint density at radius 2 is 1.83 bits per heavy atom. The number of anilines is 1. The quantitative estimate of drug-likeness (QED) is 0.737. The lowest BCUT2D eigenvalue weighted by molar-refractivity contribution is -0.114. The van der Waals surface area contributed by atoms with Gasteiger partial charge in [-0.3, -0.25) is 4.79 Å². The minimum atomic E-state index is -0.243. The topological polar surface area (TPSA) is 41.9 Å². The number of hydrogen-bond acceptors (Lipinski definition) is 3. The summed E-state index contributed by atoms with van der Waals surface area (Å²) in [6.45, 7) is 1.78. The van der Waals surface area contributed by atoms with E-state index in [4.69, 9.17) is 27.9 Å². The van der Waals surface area contributed by atoms with Crippen molar-refractivity contribution < 1.29 is 9.53 Å². The number of rotatable bonds is 3. The maximum Gasteiger partial charge on any atom is 0.280 e. The van der Waals surface area contributed by atoms with Crippen molar-refractivity contribution in [2.75, 3.05) is 12.1 Å². The molecule has 0 saturated carbocycles. The first-order chi connectivity index (χ1) is 11.5. The molecule has 0 radical (unpaired) electrons. The second-order valence-electron chi connectivity index (χ2n) is 5.23. The molecule has 6 heteroatoms. The Labute approximate surface area is 149 Å². The number of hydrazone groups is 1. The molecule has 1 aliphatic rings. The third-order valence-electron chi connectivity index (χ3n) is 3.63. The lowest BCUT2D eigenvalue weighted by Crippen LogP contribution is -2.21. The van der Waals surface area contributed by atoms with Crippen LogP contribution in [0.4, 0.5) is 5.69 Å². The van der Waals surface area contributed by atoms with Gasteiger partial charge in [-0.15, -0.1) is 0 Å². The predicted octanol–water partition coefficient (Wildman–Crippen LogP) is 4.81. The van der Waals surface area contributed by atoms with Gasteiger partial charge in [0.1, 0.15) is 5.75 Å². The predicted molar refractivity (Wildman–Crippen MR) is 98.0 cm³/mol. The average molecular weight is 361 g/mol. The summed E-state index contributed by atoms with van der Waals surface area (Å²) in [4.78, 5) is 12.7. The van der Waals surface area contributed by atoms with Gasteiger partial charge in [0, 0.05) is 5.02 Å². The molecule has 0 bridgehead atoms. The van der Waals surface area contributed by atoms with Gasteiger partial charge in [-0.05, 0) is 48.9 Å². The number of carbonyl (C=O) groups excluding carboxylic acids is 1. The summed E-state index contributed by atoms with van der Waals surface area (Å²) >= 11 is 12.2. The van der Waals surface area contributed by atoms with Crippen molar-refractivity contribution in [2.45, 2.75) is 6.92 Å². The summed E-state index contributed by atoms with van der Waals surface area (Å²) in [6, 6.07) is 12.4. The van der Waals surface area contributed by atoms with Crippen LogP contribution in [0.3, 0.4) is 0 Å². The molecule has 0 fully saturated rings. The molecule has 0 spiro atoms. The van der Waals surface area contributed by atoms with E-state index >= 15 is 0 Å². The normalized spacial score (nSPS) is 15.8. The molecule has 122 valence electrons. The maximum absolute atomic E-state index is 12.7. The Kier molecular flexibility index (Phi) is 4.60. The summed E-state index contributed by atoms with van der Waals surface area (Å²) in [6.07, 6.45) is 1.79. The summed E-state index contributed by atoms with van der Waals surface area (Å²) < 4.78 is 5.13. The molecule has 1 amide bonds. The van der Waals surface area contributed by atoms with Crippen LogP contribution in [0.25, 0.3) is 6.08 Å². The number of carbonyl (C=O) groups is 1. The van der Waals surface area contributed by atoms with E-state index < -0.39 is 0 Å². The number of benzene rings is 2. The van der Waals surface area contributed by atoms with Gasteiger partial charge < -0.3 is 4.74 Å². The van der Waals surface area contributed by atoms with Crippen molar-refractivity contribution in [1.29, 1.82) is 0 Å². The van der Waals surface area contributed by atoms with Crippen LogP contribution in [0.2, 0.25) is 10.0 Å². The lowest BCUT2D eigenvalue weighted by Gasteiger charge is -2.13. The van der Waals surface area contributed by atoms with Gasteiger partial charge in [0.15, 0.2) is 0 Å². The number of halogens is 2. The molecule has 0 aliphatic carbocycles. The lowest BCUT2D eigenvalue weighted by atomic mass is 10.1. The molecule has 3 rings (SSSR count). The second-order valence-corrected chi connectivity index (χ2v) is 6.07. The summed E-state index contributed by atoms with van der Waals surface area (Å²) in [5, 5.41) is 6.49. The highest BCUT2D eigenvalue weighted by atomic mass is 35.5. The van der Waals surface area contributed by atoms with Crippen molar-refractivity contribution >= 4 is 46.6 Å². The van der Waals surface area contributed by atoms with E-state index in [0.29, 0.717) is 27.0 Å². The SMILES string of the molecule is COc1ccc(/C=C2\C(=O)N(c3cc(Cl)ccc3Cl)N=C2C)cc1. The van der Waals surface area contributed by atoms with Crippen LogP contribution in [0.15, 0.2) is 53.1 Å². The third-order valence-corrected chi connectivity index (χ3v) is 4.18. The van der Waals surface area contributed by atoms with Gasteiger partial charge in [0.05, 0.1) is 29.1 Å².